The number of benzene rings is 2. The van der Waals surface area contributed by atoms with E-state index in [0.717, 1.165) is 60.7 Å². The van der Waals surface area contributed by atoms with Crippen molar-refractivity contribution in [1.82, 2.24) is 14.9 Å². The first kappa shape index (κ1) is 20.7. The second kappa shape index (κ2) is 9.49. The van der Waals surface area contributed by atoms with E-state index in [1.807, 2.05) is 31.2 Å². The number of likely N-dealkylation sites (tertiary alicyclic amines) is 1. The lowest BCUT2D eigenvalue weighted by atomic mass is 10.0. The summed E-state index contributed by atoms with van der Waals surface area (Å²) in [7, 11) is 1.67. The molecule has 0 amide bonds. The Morgan fingerprint density at radius 3 is 2.70 bits per heavy atom. The molecule has 0 saturated carbocycles. The van der Waals surface area contributed by atoms with Gasteiger partial charge in [0.25, 0.3) is 0 Å². The smallest absolute Gasteiger partial charge is 0.161 e. The highest BCUT2D eigenvalue weighted by atomic mass is 35.5. The molecule has 0 spiro atoms. The maximum Gasteiger partial charge on any atom is 0.161 e. The number of nitrogens with one attached hydrogen (secondary N) is 1. The molecule has 7 heteroatoms. The van der Waals surface area contributed by atoms with Gasteiger partial charge < -0.3 is 14.8 Å². The first-order valence-electron chi connectivity index (χ1n) is 10.3. The summed E-state index contributed by atoms with van der Waals surface area (Å²) in [5.41, 5.74) is 2.10. The number of ether oxygens (including phenoxy) is 2. The third kappa shape index (κ3) is 4.77. The fourth-order valence-corrected chi connectivity index (χ4v) is 4.09. The number of piperidine rings is 1. The molecule has 1 saturated heterocycles. The number of fused-ring (bicyclic) bond motifs is 1. The van der Waals surface area contributed by atoms with Crippen LogP contribution in [0.3, 0.4) is 0 Å². The van der Waals surface area contributed by atoms with Gasteiger partial charge in [-0.25, -0.2) is 9.97 Å². The molecule has 0 unspecified atom stereocenters. The Kier molecular flexibility index (Phi) is 6.55. The molecule has 30 heavy (non-hydrogen) atoms. The molecule has 2 heterocycles. The summed E-state index contributed by atoms with van der Waals surface area (Å²) in [6, 6.07) is 12.3. The molecule has 6 nitrogen and oxygen atoms in total. The van der Waals surface area contributed by atoms with Gasteiger partial charge in [-0.2, -0.15) is 0 Å². The average molecular weight is 427 g/mol. The Bertz CT molecular complexity index is 1010. The summed E-state index contributed by atoms with van der Waals surface area (Å²) in [5.74, 6) is 2.47. The van der Waals surface area contributed by atoms with E-state index in [1.54, 1.807) is 13.4 Å². The zero-order valence-corrected chi connectivity index (χ0v) is 18.2. The second-order valence-corrected chi connectivity index (χ2v) is 7.93. The normalized spacial score (nSPS) is 15.3. The van der Waals surface area contributed by atoms with Crippen LogP contribution in [0.5, 0.6) is 11.5 Å². The molecule has 4 rings (SSSR count). The first-order valence-corrected chi connectivity index (χ1v) is 10.7. The van der Waals surface area contributed by atoms with Crippen LogP contribution >= 0.6 is 11.6 Å². The molecule has 0 radical (unpaired) electrons. The van der Waals surface area contributed by atoms with Crippen molar-refractivity contribution in [3.8, 4) is 11.5 Å². The lowest BCUT2D eigenvalue weighted by Gasteiger charge is -2.32. The van der Waals surface area contributed by atoms with E-state index < -0.39 is 0 Å². The Labute approximate surface area is 182 Å². The molecule has 0 bridgehead atoms. The zero-order valence-electron chi connectivity index (χ0n) is 17.4. The molecule has 0 atom stereocenters. The van der Waals surface area contributed by atoms with Gasteiger partial charge in [-0.15, -0.1) is 0 Å². The number of halogens is 1. The third-order valence-electron chi connectivity index (χ3n) is 5.46. The molecule has 1 aliphatic rings. The van der Waals surface area contributed by atoms with Gasteiger partial charge in [0.1, 0.15) is 12.1 Å². The largest absolute Gasteiger partial charge is 0.493 e. The number of anilines is 1. The number of hydrogen-bond donors (Lipinski definition) is 1. The average Bonchev–Trinajstić information content (AvgIpc) is 2.75. The van der Waals surface area contributed by atoms with Crippen molar-refractivity contribution in [2.75, 3.05) is 32.1 Å². The van der Waals surface area contributed by atoms with Crippen molar-refractivity contribution < 1.29 is 9.47 Å². The molecule has 1 N–H and O–H groups in total. The standard InChI is InChI=1S/C23H27ClN4O2/c1-3-30-22-12-16(4-7-21(22)29-2)14-28-10-8-18(9-11-28)27-23-19-6-5-17(24)13-20(19)25-15-26-23/h4-7,12-13,15,18H,3,8-11,14H2,1-2H3,(H,25,26,27). The van der Waals surface area contributed by atoms with Gasteiger partial charge in [-0.05, 0) is 55.7 Å². The van der Waals surface area contributed by atoms with Gasteiger partial charge in [0.05, 0.1) is 19.2 Å². The third-order valence-corrected chi connectivity index (χ3v) is 5.70. The van der Waals surface area contributed by atoms with E-state index in [1.165, 1.54) is 5.56 Å². The minimum absolute atomic E-state index is 0.393. The van der Waals surface area contributed by atoms with Crippen LogP contribution in [0, 0.1) is 0 Å². The number of hydrogen-bond acceptors (Lipinski definition) is 6. The van der Waals surface area contributed by atoms with Gasteiger partial charge in [0.2, 0.25) is 0 Å². The van der Waals surface area contributed by atoms with Gasteiger partial charge in [0, 0.05) is 36.1 Å². The van der Waals surface area contributed by atoms with E-state index in [4.69, 9.17) is 21.1 Å². The van der Waals surface area contributed by atoms with E-state index in [9.17, 15) is 0 Å². The molecule has 3 aromatic rings. The fraction of sp³-hybridized carbons (Fsp3) is 0.391. The fourth-order valence-electron chi connectivity index (χ4n) is 3.92. The lowest BCUT2D eigenvalue weighted by Crippen LogP contribution is -2.38. The van der Waals surface area contributed by atoms with E-state index >= 15 is 0 Å². The molecule has 1 aliphatic heterocycles. The predicted octanol–water partition coefficient (Wildman–Crippen LogP) is 4.77. The molecular weight excluding hydrogens is 400 g/mol. The molecule has 158 valence electrons. The highest BCUT2D eigenvalue weighted by Gasteiger charge is 2.20. The lowest BCUT2D eigenvalue weighted by molar-refractivity contribution is 0.210. The van der Waals surface area contributed by atoms with E-state index in [0.29, 0.717) is 17.7 Å². The first-order chi connectivity index (χ1) is 14.7. The zero-order chi connectivity index (χ0) is 20.9. The summed E-state index contributed by atoms with van der Waals surface area (Å²) in [4.78, 5) is 11.3. The molecule has 2 aromatic carbocycles. The van der Waals surface area contributed by atoms with Gasteiger partial charge in [-0.3, -0.25) is 4.90 Å². The van der Waals surface area contributed by atoms with Gasteiger partial charge >= 0.3 is 0 Å². The van der Waals surface area contributed by atoms with Crippen LogP contribution in [0.4, 0.5) is 5.82 Å². The van der Waals surface area contributed by atoms with Crippen LogP contribution < -0.4 is 14.8 Å². The molecule has 1 fully saturated rings. The highest BCUT2D eigenvalue weighted by molar-refractivity contribution is 6.31. The number of rotatable bonds is 7. The summed E-state index contributed by atoms with van der Waals surface area (Å²) in [6.45, 7) is 5.58. The minimum Gasteiger partial charge on any atom is -0.493 e. The summed E-state index contributed by atoms with van der Waals surface area (Å²) in [5, 5.41) is 5.30. The van der Waals surface area contributed by atoms with E-state index in [-0.39, 0.29) is 0 Å². The van der Waals surface area contributed by atoms with Crippen molar-refractivity contribution in [2.24, 2.45) is 0 Å². The SMILES string of the molecule is CCOc1cc(CN2CCC(Nc3ncnc4cc(Cl)ccc34)CC2)ccc1OC. The molecular formula is C23H27ClN4O2. The van der Waals surface area contributed by atoms with Crippen molar-refractivity contribution in [1.29, 1.82) is 0 Å². The monoisotopic (exact) mass is 426 g/mol. The number of aromatic nitrogens is 2. The van der Waals surface area contributed by atoms with Crippen LogP contribution in [0.25, 0.3) is 10.9 Å². The number of nitrogens with zero attached hydrogens (tertiary/aromatic N) is 3. The summed E-state index contributed by atoms with van der Waals surface area (Å²) in [6.07, 6.45) is 3.72. The maximum absolute atomic E-state index is 6.09. The Hall–Kier alpha value is -2.57. The maximum atomic E-state index is 6.09. The summed E-state index contributed by atoms with van der Waals surface area (Å²) < 4.78 is 11.1. The van der Waals surface area contributed by atoms with Crippen LogP contribution in [0.1, 0.15) is 25.3 Å². The van der Waals surface area contributed by atoms with E-state index in [2.05, 4.69) is 32.3 Å². The van der Waals surface area contributed by atoms with Crippen LogP contribution in [0.2, 0.25) is 5.02 Å². The summed E-state index contributed by atoms with van der Waals surface area (Å²) >= 11 is 6.09. The van der Waals surface area contributed by atoms with Crippen molar-refractivity contribution in [3.05, 3.63) is 53.3 Å². The van der Waals surface area contributed by atoms with Crippen molar-refractivity contribution in [3.63, 3.8) is 0 Å². The van der Waals surface area contributed by atoms with Crippen LogP contribution in [-0.2, 0) is 6.54 Å². The molecule has 0 aliphatic carbocycles. The second-order valence-electron chi connectivity index (χ2n) is 7.50. The Morgan fingerprint density at radius 1 is 1.10 bits per heavy atom. The van der Waals surface area contributed by atoms with Crippen LogP contribution in [0.15, 0.2) is 42.7 Å². The van der Waals surface area contributed by atoms with Crippen LogP contribution in [-0.4, -0.2) is 47.7 Å². The minimum atomic E-state index is 0.393. The van der Waals surface area contributed by atoms with Gasteiger partial charge in [-0.1, -0.05) is 17.7 Å². The highest BCUT2D eigenvalue weighted by Crippen LogP contribution is 2.29. The quantitative estimate of drug-likeness (QED) is 0.587. The molecule has 1 aromatic heterocycles. The topological polar surface area (TPSA) is 59.5 Å². The Balaban J connectivity index is 1.36. The Morgan fingerprint density at radius 2 is 1.93 bits per heavy atom. The van der Waals surface area contributed by atoms with Gasteiger partial charge in [0.15, 0.2) is 11.5 Å². The van der Waals surface area contributed by atoms with Crippen molar-refractivity contribution >= 4 is 28.3 Å². The number of methoxy groups -OCH3 is 1. The van der Waals surface area contributed by atoms with Crippen molar-refractivity contribution in [2.45, 2.75) is 32.4 Å². The predicted molar refractivity (Wildman–Crippen MR) is 121 cm³/mol.